The molecule has 89 valence electrons. The maximum atomic E-state index is 11.9. The normalized spacial score (nSPS) is 12.9. The lowest BCUT2D eigenvalue weighted by Gasteiger charge is -2.08. The number of halogens is 6. The third-order valence-corrected chi connectivity index (χ3v) is 2.61. The first kappa shape index (κ1) is 13.6. The Morgan fingerprint density at radius 3 is 2.00 bits per heavy atom. The maximum absolute atomic E-state index is 11.9. The molecular formula is C8H3F6S2. The molecule has 1 radical (unpaired) electrons. The van der Waals surface area contributed by atoms with Crippen LogP contribution in [0.5, 0.6) is 0 Å². The third-order valence-electron chi connectivity index (χ3n) is 1.21. The van der Waals surface area contributed by atoms with Gasteiger partial charge in [0.2, 0.25) is 0 Å². The highest BCUT2D eigenvalue weighted by Gasteiger charge is 2.31. The van der Waals surface area contributed by atoms with Crippen molar-refractivity contribution >= 4 is 23.5 Å². The van der Waals surface area contributed by atoms with E-state index in [0.29, 0.717) is 0 Å². The molecule has 1 aromatic carbocycles. The van der Waals surface area contributed by atoms with E-state index in [0.717, 1.165) is 18.2 Å². The molecule has 0 saturated heterocycles. The van der Waals surface area contributed by atoms with Gasteiger partial charge in [-0.25, -0.2) is 0 Å². The van der Waals surface area contributed by atoms with Crippen LogP contribution in [0.15, 0.2) is 28.0 Å². The molecule has 0 aliphatic carbocycles. The summed E-state index contributed by atoms with van der Waals surface area (Å²) in [7, 11) is 0. The first-order valence-corrected chi connectivity index (χ1v) is 5.32. The zero-order chi connectivity index (χ0) is 12.4. The van der Waals surface area contributed by atoms with Crippen LogP contribution in [-0.2, 0) is 0 Å². The van der Waals surface area contributed by atoms with E-state index < -0.39 is 34.5 Å². The van der Waals surface area contributed by atoms with Crippen LogP contribution in [0.3, 0.4) is 0 Å². The molecule has 0 nitrogen and oxygen atoms in total. The lowest BCUT2D eigenvalue weighted by Crippen LogP contribution is -2.00. The molecule has 0 atom stereocenters. The van der Waals surface area contributed by atoms with Crippen molar-refractivity contribution in [2.24, 2.45) is 0 Å². The van der Waals surface area contributed by atoms with Crippen molar-refractivity contribution in [2.45, 2.75) is 20.8 Å². The fraction of sp³-hybridized carbons (Fsp3) is 0.250. The molecule has 0 N–H and O–H groups in total. The SMILES string of the molecule is FC(F)(F)Sc1[c]ccc(SC(F)(F)F)c1. The average Bonchev–Trinajstić information content (AvgIpc) is 1.96. The number of benzene rings is 1. The number of thioether (sulfide) groups is 2. The zero-order valence-electron chi connectivity index (χ0n) is 7.32. The molecule has 1 aromatic rings. The summed E-state index contributed by atoms with van der Waals surface area (Å²) < 4.78 is 71.6. The fourth-order valence-electron chi connectivity index (χ4n) is 0.806. The first-order valence-electron chi connectivity index (χ1n) is 3.69. The van der Waals surface area contributed by atoms with Crippen LogP contribution >= 0.6 is 23.5 Å². The zero-order valence-corrected chi connectivity index (χ0v) is 8.95. The lowest BCUT2D eigenvalue weighted by molar-refractivity contribution is -0.0334. The third kappa shape index (κ3) is 5.55. The van der Waals surface area contributed by atoms with Crippen molar-refractivity contribution in [1.29, 1.82) is 0 Å². The lowest BCUT2D eigenvalue weighted by atomic mass is 10.4. The molecule has 0 unspecified atom stereocenters. The highest BCUT2D eigenvalue weighted by atomic mass is 32.2. The molecule has 0 saturated carbocycles. The van der Waals surface area contributed by atoms with Gasteiger partial charge in [0.25, 0.3) is 0 Å². The Morgan fingerprint density at radius 1 is 0.938 bits per heavy atom. The van der Waals surface area contributed by atoms with E-state index in [1.807, 2.05) is 0 Å². The minimum atomic E-state index is -4.53. The maximum Gasteiger partial charge on any atom is 0.446 e. The molecule has 0 aromatic heterocycles. The Morgan fingerprint density at radius 2 is 1.50 bits per heavy atom. The van der Waals surface area contributed by atoms with Crippen LogP contribution in [0.4, 0.5) is 26.3 Å². The summed E-state index contributed by atoms with van der Waals surface area (Å²) in [5.74, 6) is 0. The van der Waals surface area contributed by atoms with E-state index in [4.69, 9.17) is 0 Å². The van der Waals surface area contributed by atoms with E-state index in [-0.39, 0.29) is 9.79 Å². The van der Waals surface area contributed by atoms with Crippen molar-refractivity contribution in [3.63, 3.8) is 0 Å². The molecule has 0 aliphatic rings. The van der Waals surface area contributed by atoms with Crippen LogP contribution in [-0.4, -0.2) is 11.0 Å². The molecule has 0 aliphatic heterocycles. The highest BCUT2D eigenvalue weighted by molar-refractivity contribution is 8.00. The largest absolute Gasteiger partial charge is 0.446 e. The van der Waals surface area contributed by atoms with Crippen LogP contribution in [0, 0.1) is 6.07 Å². The van der Waals surface area contributed by atoms with Crippen molar-refractivity contribution in [3.8, 4) is 0 Å². The van der Waals surface area contributed by atoms with Gasteiger partial charge in [-0.1, -0.05) is 6.07 Å². The van der Waals surface area contributed by atoms with Crippen molar-refractivity contribution in [3.05, 3.63) is 24.3 Å². The minimum absolute atomic E-state index is 0.294. The second kappa shape index (κ2) is 4.79. The molecule has 0 heterocycles. The molecule has 16 heavy (non-hydrogen) atoms. The molecular weight excluding hydrogens is 274 g/mol. The van der Waals surface area contributed by atoms with E-state index in [1.165, 1.54) is 0 Å². The predicted octanol–water partition coefficient (Wildman–Crippen LogP) is 4.71. The second-order valence-electron chi connectivity index (χ2n) is 2.48. The standard InChI is InChI=1S/C8H3F6S2/c9-7(10,11)15-5-2-1-3-6(4-5)16-8(12,13)14/h1-2,4H. The predicted molar refractivity (Wildman–Crippen MR) is 49.1 cm³/mol. The summed E-state index contributed by atoms with van der Waals surface area (Å²) in [6.45, 7) is 0. The molecule has 8 heteroatoms. The van der Waals surface area contributed by atoms with Crippen LogP contribution < -0.4 is 0 Å². The van der Waals surface area contributed by atoms with Gasteiger partial charge in [-0.2, -0.15) is 26.3 Å². The molecule has 1 rings (SSSR count). The molecule has 0 amide bonds. The second-order valence-corrected chi connectivity index (χ2v) is 4.73. The minimum Gasteiger partial charge on any atom is -0.160 e. The van der Waals surface area contributed by atoms with E-state index in [9.17, 15) is 26.3 Å². The van der Waals surface area contributed by atoms with Gasteiger partial charge in [-0.15, -0.1) is 0 Å². The van der Waals surface area contributed by atoms with E-state index in [2.05, 4.69) is 6.07 Å². The molecule has 0 spiro atoms. The monoisotopic (exact) mass is 277 g/mol. The van der Waals surface area contributed by atoms with Crippen LogP contribution in [0.1, 0.15) is 0 Å². The Labute approximate surface area is 95.4 Å². The Kier molecular flexibility index (Phi) is 4.06. The van der Waals surface area contributed by atoms with Crippen LogP contribution in [0.2, 0.25) is 0 Å². The molecule has 0 bridgehead atoms. The summed E-state index contributed by atoms with van der Waals surface area (Å²) >= 11 is -0.955. The van der Waals surface area contributed by atoms with Gasteiger partial charge in [0.05, 0.1) is 0 Å². The van der Waals surface area contributed by atoms with Crippen molar-refractivity contribution in [1.82, 2.24) is 0 Å². The van der Waals surface area contributed by atoms with E-state index in [1.54, 1.807) is 0 Å². The number of hydrogen-bond donors (Lipinski definition) is 0. The number of alkyl halides is 6. The van der Waals surface area contributed by atoms with Gasteiger partial charge >= 0.3 is 11.0 Å². The summed E-state index contributed by atoms with van der Waals surface area (Å²) in [6, 6.07) is 5.10. The van der Waals surface area contributed by atoms with E-state index >= 15 is 0 Å². The fourth-order valence-corrected chi connectivity index (χ4v) is 2.02. The smallest absolute Gasteiger partial charge is 0.160 e. The number of rotatable bonds is 2. The quantitative estimate of drug-likeness (QED) is 0.567. The Balaban J connectivity index is 2.79. The Bertz CT molecular complexity index is 325. The number of hydrogen-bond acceptors (Lipinski definition) is 2. The Hall–Kier alpha value is -0.500. The average molecular weight is 277 g/mol. The molecule has 0 fully saturated rings. The summed E-state index contributed by atoms with van der Waals surface area (Å²) in [5, 5.41) is 0. The summed E-state index contributed by atoms with van der Waals surface area (Å²) in [4.78, 5) is -0.681. The van der Waals surface area contributed by atoms with Gasteiger partial charge in [0, 0.05) is 9.79 Å². The van der Waals surface area contributed by atoms with Gasteiger partial charge in [0.1, 0.15) is 0 Å². The summed E-state index contributed by atoms with van der Waals surface area (Å²) in [5.41, 5.74) is -9.04. The highest BCUT2D eigenvalue weighted by Crippen LogP contribution is 2.41. The van der Waals surface area contributed by atoms with Crippen molar-refractivity contribution < 1.29 is 26.3 Å². The van der Waals surface area contributed by atoms with Crippen LogP contribution in [0.25, 0.3) is 0 Å². The van der Waals surface area contributed by atoms with Gasteiger partial charge < -0.3 is 0 Å². The van der Waals surface area contributed by atoms with Crippen molar-refractivity contribution in [2.75, 3.05) is 0 Å². The summed E-state index contributed by atoms with van der Waals surface area (Å²) in [6.07, 6.45) is 0. The first-order chi connectivity index (χ1) is 7.16. The van der Waals surface area contributed by atoms with Gasteiger partial charge in [-0.3, -0.25) is 0 Å². The van der Waals surface area contributed by atoms with Gasteiger partial charge in [-0.05, 0) is 41.7 Å². The topological polar surface area (TPSA) is 0 Å². The van der Waals surface area contributed by atoms with Gasteiger partial charge in [0.15, 0.2) is 0 Å².